The summed E-state index contributed by atoms with van der Waals surface area (Å²) < 4.78 is 14.7. The molecular weight excluding hydrogens is 401 g/mol. The maximum absolute atomic E-state index is 13.2. The first-order chi connectivity index (χ1) is 14.6. The predicted octanol–water partition coefficient (Wildman–Crippen LogP) is 2.80. The quantitative estimate of drug-likeness (QED) is 0.417. The number of nitrogens with zero attached hydrogens (tertiary/aromatic N) is 5. The van der Waals surface area contributed by atoms with Crippen molar-refractivity contribution in [3.05, 3.63) is 41.3 Å². The summed E-state index contributed by atoms with van der Waals surface area (Å²) in [6.45, 7) is 4.96. The second-order valence-corrected chi connectivity index (χ2v) is 8.54. The van der Waals surface area contributed by atoms with Crippen molar-refractivity contribution in [2.24, 2.45) is 4.99 Å². The molecule has 0 saturated carbocycles. The van der Waals surface area contributed by atoms with Crippen LogP contribution in [-0.2, 0) is 6.42 Å². The van der Waals surface area contributed by atoms with Crippen molar-refractivity contribution in [1.82, 2.24) is 20.0 Å². The van der Waals surface area contributed by atoms with E-state index in [0.29, 0.717) is 28.6 Å². The van der Waals surface area contributed by atoms with Crippen molar-refractivity contribution >= 4 is 23.5 Å². The fourth-order valence-electron chi connectivity index (χ4n) is 3.50. The Bertz CT molecular complexity index is 917. The summed E-state index contributed by atoms with van der Waals surface area (Å²) in [5, 5.41) is 18.1. The Morgan fingerprint density at radius 1 is 1.43 bits per heavy atom. The molecule has 1 aromatic carbocycles. The molecule has 2 heterocycles. The minimum Gasteiger partial charge on any atom is -0.382 e. The molecule has 1 aromatic heterocycles. The third kappa shape index (κ3) is 5.05. The lowest BCUT2D eigenvalue weighted by Crippen LogP contribution is -2.48. The number of halogens is 1. The van der Waals surface area contributed by atoms with Crippen molar-refractivity contribution in [2.45, 2.75) is 31.4 Å². The fourth-order valence-corrected chi connectivity index (χ4v) is 4.68. The number of benzene rings is 1. The smallest absolute Gasteiger partial charge is 0.193 e. The zero-order valence-corrected chi connectivity index (χ0v) is 18.3. The number of nitriles is 1. The van der Waals surface area contributed by atoms with Crippen LogP contribution in [-0.4, -0.2) is 58.3 Å². The number of hydrogen-bond acceptors (Lipinski definition) is 5. The van der Waals surface area contributed by atoms with Crippen LogP contribution in [0.4, 0.5) is 10.2 Å². The molecule has 1 saturated heterocycles. The molecule has 0 bridgehead atoms. The van der Waals surface area contributed by atoms with Gasteiger partial charge in [-0.2, -0.15) is 22.1 Å². The van der Waals surface area contributed by atoms with Gasteiger partial charge in [-0.05, 0) is 43.5 Å². The van der Waals surface area contributed by atoms with Crippen molar-refractivity contribution in [3.8, 4) is 11.8 Å². The third-order valence-electron chi connectivity index (χ3n) is 5.16. The second kappa shape index (κ2) is 10.3. The van der Waals surface area contributed by atoms with Crippen LogP contribution in [0.5, 0.6) is 0 Å². The number of aryl methyl sites for hydroxylation is 1. The highest BCUT2D eigenvalue weighted by Gasteiger charge is 2.21. The summed E-state index contributed by atoms with van der Waals surface area (Å²) in [6.07, 6.45) is 2.55. The van der Waals surface area contributed by atoms with Gasteiger partial charge in [-0.3, -0.25) is 4.99 Å². The Morgan fingerprint density at radius 2 is 2.20 bits per heavy atom. The van der Waals surface area contributed by atoms with E-state index in [2.05, 4.69) is 33.3 Å². The standard InChI is InChI=1S/C21H28FN7S/c1-3-17-14-28(11-12-30-17)21(25-2)26-10-4-5-19-18(13-23)20(24)29(27-19)16-8-6-15(22)7-9-16/h6-9,17H,3-5,10-12,14,24H2,1-2H3,(H,25,26). The summed E-state index contributed by atoms with van der Waals surface area (Å²) in [6, 6.07) is 8.03. The minimum atomic E-state index is -0.331. The first kappa shape index (κ1) is 22.0. The number of guanidine groups is 1. The molecule has 1 aliphatic rings. The number of anilines is 1. The van der Waals surface area contributed by atoms with Crippen molar-refractivity contribution < 1.29 is 4.39 Å². The monoisotopic (exact) mass is 429 g/mol. The van der Waals surface area contributed by atoms with Crippen molar-refractivity contribution in [3.63, 3.8) is 0 Å². The lowest BCUT2D eigenvalue weighted by molar-refractivity contribution is 0.408. The Kier molecular flexibility index (Phi) is 7.57. The number of hydrogen-bond donors (Lipinski definition) is 2. The van der Waals surface area contributed by atoms with E-state index in [1.54, 1.807) is 12.1 Å². The normalized spacial score (nSPS) is 17.1. The zero-order chi connectivity index (χ0) is 21.5. The molecule has 160 valence electrons. The van der Waals surface area contributed by atoms with Crippen LogP contribution in [0, 0.1) is 17.1 Å². The molecule has 30 heavy (non-hydrogen) atoms. The number of thioether (sulfide) groups is 1. The van der Waals surface area contributed by atoms with Gasteiger partial charge in [0.2, 0.25) is 0 Å². The number of nitrogens with two attached hydrogens (primary N) is 1. The van der Waals surface area contributed by atoms with Crippen LogP contribution in [0.25, 0.3) is 5.69 Å². The summed E-state index contributed by atoms with van der Waals surface area (Å²) in [5.41, 5.74) is 7.78. The van der Waals surface area contributed by atoms with Crippen LogP contribution >= 0.6 is 11.8 Å². The number of aromatic nitrogens is 2. The van der Waals surface area contributed by atoms with E-state index >= 15 is 0 Å². The molecule has 7 nitrogen and oxygen atoms in total. The number of aliphatic imine (C=N–C) groups is 1. The third-order valence-corrected chi connectivity index (χ3v) is 6.53. The molecule has 3 N–H and O–H groups in total. The van der Waals surface area contributed by atoms with Gasteiger partial charge >= 0.3 is 0 Å². The fraction of sp³-hybridized carbons (Fsp3) is 0.476. The molecule has 3 rings (SSSR count). The predicted molar refractivity (Wildman–Crippen MR) is 120 cm³/mol. The maximum atomic E-state index is 13.2. The number of nitrogens with one attached hydrogen (secondary N) is 1. The van der Waals surface area contributed by atoms with Crippen LogP contribution in [0.2, 0.25) is 0 Å². The molecule has 0 spiro atoms. The maximum Gasteiger partial charge on any atom is 0.193 e. The van der Waals surface area contributed by atoms with E-state index in [-0.39, 0.29) is 11.6 Å². The second-order valence-electron chi connectivity index (χ2n) is 7.13. The Balaban J connectivity index is 1.60. The van der Waals surface area contributed by atoms with Crippen LogP contribution < -0.4 is 11.1 Å². The highest BCUT2D eigenvalue weighted by molar-refractivity contribution is 8.00. The highest BCUT2D eigenvalue weighted by atomic mass is 32.2. The summed E-state index contributed by atoms with van der Waals surface area (Å²) in [7, 11) is 1.81. The minimum absolute atomic E-state index is 0.277. The Labute approximate surface area is 181 Å². The topological polar surface area (TPSA) is 95.3 Å². The van der Waals surface area contributed by atoms with E-state index in [1.807, 2.05) is 18.8 Å². The number of nitrogen functional groups attached to an aromatic ring is 1. The summed E-state index contributed by atoms with van der Waals surface area (Å²) in [4.78, 5) is 6.74. The average molecular weight is 430 g/mol. The van der Waals surface area contributed by atoms with Gasteiger partial charge in [-0.1, -0.05) is 6.92 Å². The number of rotatable bonds is 6. The molecule has 2 aromatic rings. The molecule has 0 radical (unpaired) electrons. The van der Waals surface area contributed by atoms with Crippen LogP contribution in [0.15, 0.2) is 29.3 Å². The first-order valence-electron chi connectivity index (χ1n) is 10.2. The molecule has 1 fully saturated rings. The Hall–Kier alpha value is -2.73. The van der Waals surface area contributed by atoms with Crippen LogP contribution in [0.3, 0.4) is 0 Å². The highest BCUT2D eigenvalue weighted by Crippen LogP contribution is 2.22. The lowest BCUT2D eigenvalue weighted by atomic mass is 10.1. The van der Waals surface area contributed by atoms with Gasteiger partial charge in [0, 0.05) is 37.7 Å². The average Bonchev–Trinajstić information content (AvgIpc) is 3.09. The van der Waals surface area contributed by atoms with E-state index in [1.165, 1.54) is 16.8 Å². The molecule has 9 heteroatoms. The molecule has 0 amide bonds. The SMILES string of the molecule is CCC1CN(C(=NC)NCCCc2nn(-c3ccc(F)cc3)c(N)c2C#N)CCS1. The lowest BCUT2D eigenvalue weighted by Gasteiger charge is -2.34. The van der Waals surface area contributed by atoms with Gasteiger partial charge in [0.05, 0.1) is 11.4 Å². The Morgan fingerprint density at radius 3 is 2.87 bits per heavy atom. The summed E-state index contributed by atoms with van der Waals surface area (Å²) in [5.74, 6) is 1.98. The molecule has 1 unspecified atom stereocenters. The molecule has 1 atom stereocenters. The van der Waals surface area contributed by atoms with Gasteiger partial charge < -0.3 is 16.0 Å². The zero-order valence-electron chi connectivity index (χ0n) is 17.4. The largest absolute Gasteiger partial charge is 0.382 e. The van der Waals surface area contributed by atoms with E-state index in [0.717, 1.165) is 44.2 Å². The van der Waals surface area contributed by atoms with Gasteiger partial charge in [-0.25, -0.2) is 9.07 Å². The van der Waals surface area contributed by atoms with E-state index < -0.39 is 0 Å². The molecule has 0 aliphatic carbocycles. The van der Waals surface area contributed by atoms with Crippen LogP contribution in [0.1, 0.15) is 31.0 Å². The van der Waals surface area contributed by atoms with Gasteiger partial charge in [0.1, 0.15) is 23.3 Å². The van der Waals surface area contributed by atoms with Crippen molar-refractivity contribution in [2.75, 3.05) is 38.2 Å². The van der Waals surface area contributed by atoms with Gasteiger partial charge in [0.15, 0.2) is 5.96 Å². The molecular formula is C21H28FN7S. The van der Waals surface area contributed by atoms with Gasteiger partial charge in [-0.15, -0.1) is 0 Å². The molecule has 1 aliphatic heterocycles. The summed E-state index contributed by atoms with van der Waals surface area (Å²) >= 11 is 2.03. The van der Waals surface area contributed by atoms with E-state index in [9.17, 15) is 9.65 Å². The van der Waals surface area contributed by atoms with Crippen molar-refractivity contribution in [1.29, 1.82) is 5.26 Å². The van der Waals surface area contributed by atoms with E-state index in [4.69, 9.17) is 5.73 Å². The first-order valence-corrected chi connectivity index (χ1v) is 11.2. The van der Waals surface area contributed by atoms with Gasteiger partial charge in [0.25, 0.3) is 0 Å².